The molecule has 1 unspecified atom stereocenters. The quantitative estimate of drug-likeness (QED) is 0.860. The van der Waals surface area contributed by atoms with Gasteiger partial charge in [-0.2, -0.15) is 0 Å². The van der Waals surface area contributed by atoms with Crippen molar-refractivity contribution in [3.8, 4) is 0 Å². The molecule has 0 aliphatic heterocycles. The minimum atomic E-state index is -0.424. The summed E-state index contributed by atoms with van der Waals surface area (Å²) in [4.78, 5) is 12.1. The number of aryl methyl sites for hydroxylation is 1. The van der Waals surface area contributed by atoms with Crippen LogP contribution in [0.5, 0.6) is 0 Å². The summed E-state index contributed by atoms with van der Waals surface area (Å²) in [7, 11) is 0. The number of hydrogen-bond acceptors (Lipinski definition) is 3. The van der Waals surface area contributed by atoms with Crippen molar-refractivity contribution >= 4 is 5.91 Å². The standard InChI is InChI=1S/C14H22N2O2/c1-3-9(2)13(15)14(17)16-11-5-4-6-12-10(11)7-8-18-12/h7-9,11,13H,3-6,15H2,1-2H3,(H,16,17)/t9-,11?,13-/m0/s1. The third kappa shape index (κ3) is 2.58. The van der Waals surface area contributed by atoms with Crippen LogP contribution in [0.3, 0.4) is 0 Å². The average Bonchev–Trinajstić information content (AvgIpc) is 2.86. The molecule has 2 rings (SSSR count). The Bertz CT molecular complexity index is 414. The van der Waals surface area contributed by atoms with Crippen molar-refractivity contribution in [1.29, 1.82) is 0 Å². The molecular weight excluding hydrogens is 228 g/mol. The number of nitrogens with one attached hydrogen (secondary N) is 1. The zero-order valence-electron chi connectivity index (χ0n) is 11.1. The van der Waals surface area contributed by atoms with Crippen molar-refractivity contribution in [2.75, 3.05) is 0 Å². The number of hydrogen-bond donors (Lipinski definition) is 2. The highest BCUT2D eigenvalue weighted by Crippen LogP contribution is 2.30. The van der Waals surface area contributed by atoms with Crippen molar-refractivity contribution in [2.45, 2.75) is 51.6 Å². The van der Waals surface area contributed by atoms with Crippen molar-refractivity contribution < 1.29 is 9.21 Å². The van der Waals surface area contributed by atoms with E-state index in [1.165, 1.54) is 0 Å². The van der Waals surface area contributed by atoms with Gasteiger partial charge in [0.1, 0.15) is 5.76 Å². The van der Waals surface area contributed by atoms with Crippen LogP contribution in [0.15, 0.2) is 16.7 Å². The monoisotopic (exact) mass is 250 g/mol. The smallest absolute Gasteiger partial charge is 0.237 e. The minimum Gasteiger partial charge on any atom is -0.469 e. The number of rotatable bonds is 4. The number of fused-ring (bicyclic) bond motifs is 1. The third-order valence-electron chi connectivity index (χ3n) is 3.93. The van der Waals surface area contributed by atoms with E-state index >= 15 is 0 Å². The summed E-state index contributed by atoms with van der Waals surface area (Å²) >= 11 is 0. The molecule has 0 bridgehead atoms. The average molecular weight is 250 g/mol. The van der Waals surface area contributed by atoms with Crippen LogP contribution in [0.4, 0.5) is 0 Å². The molecule has 3 N–H and O–H groups in total. The topological polar surface area (TPSA) is 68.3 Å². The van der Waals surface area contributed by atoms with Crippen LogP contribution in [0.1, 0.15) is 50.5 Å². The summed E-state index contributed by atoms with van der Waals surface area (Å²) in [5.74, 6) is 1.16. The molecule has 0 saturated carbocycles. The number of carbonyl (C=O) groups excluding carboxylic acids is 1. The first-order valence-corrected chi connectivity index (χ1v) is 6.75. The Morgan fingerprint density at radius 3 is 3.17 bits per heavy atom. The fourth-order valence-electron chi connectivity index (χ4n) is 2.42. The minimum absolute atomic E-state index is 0.0524. The van der Waals surface area contributed by atoms with Crippen molar-refractivity contribution in [3.63, 3.8) is 0 Å². The molecule has 1 aromatic rings. The van der Waals surface area contributed by atoms with Crippen molar-refractivity contribution in [3.05, 3.63) is 23.7 Å². The molecule has 18 heavy (non-hydrogen) atoms. The molecule has 0 spiro atoms. The van der Waals surface area contributed by atoms with Crippen LogP contribution in [-0.2, 0) is 11.2 Å². The summed E-state index contributed by atoms with van der Waals surface area (Å²) in [6.07, 6.45) is 5.58. The molecule has 3 atom stereocenters. The molecule has 0 radical (unpaired) electrons. The fourth-order valence-corrected chi connectivity index (χ4v) is 2.42. The Labute approximate surface area is 108 Å². The van der Waals surface area contributed by atoms with Gasteiger partial charge in [-0.05, 0) is 24.8 Å². The molecule has 0 fully saturated rings. The largest absolute Gasteiger partial charge is 0.469 e. The number of furan rings is 1. The fraction of sp³-hybridized carbons (Fsp3) is 0.643. The second-order valence-electron chi connectivity index (χ2n) is 5.16. The Kier molecular flexibility index (Phi) is 4.07. The lowest BCUT2D eigenvalue weighted by Gasteiger charge is -2.25. The van der Waals surface area contributed by atoms with Crippen molar-refractivity contribution in [1.82, 2.24) is 5.32 Å². The lowest BCUT2D eigenvalue weighted by Crippen LogP contribution is -2.46. The lowest BCUT2D eigenvalue weighted by atomic mass is 9.92. The first kappa shape index (κ1) is 13.1. The number of carbonyl (C=O) groups is 1. The predicted molar refractivity (Wildman–Crippen MR) is 70.0 cm³/mol. The SMILES string of the molecule is CC[C@H](C)[C@H](N)C(=O)NC1CCCc2occc21. The van der Waals surface area contributed by atoms with Gasteiger partial charge in [0.25, 0.3) is 0 Å². The van der Waals surface area contributed by atoms with E-state index < -0.39 is 6.04 Å². The molecule has 0 aromatic carbocycles. The van der Waals surface area contributed by atoms with Gasteiger partial charge in [-0.25, -0.2) is 0 Å². The Hall–Kier alpha value is -1.29. The van der Waals surface area contributed by atoms with Gasteiger partial charge in [0.05, 0.1) is 18.3 Å². The molecule has 1 heterocycles. The van der Waals surface area contributed by atoms with Crippen LogP contribution in [0.25, 0.3) is 0 Å². The zero-order chi connectivity index (χ0) is 13.1. The molecule has 4 heteroatoms. The summed E-state index contributed by atoms with van der Waals surface area (Å²) in [6, 6.07) is 1.59. The lowest BCUT2D eigenvalue weighted by molar-refractivity contribution is -0.124. The highest BCUT2D eigenvalue weighted by atomic mass is 16.3. The van der Waals surface area contributed by atoms with Crippen LogP contribution in [0.2, 0.25) is 0 Å². The maximum atomic E-state index is 12.1. The maximum Gasteiger partial charge on any atom is 0.237 e. The van der Waals surface area contributed by atoms with E-state index in [9.17, 15) is 4.79 Å². The van der Waals surface area contributed by atoms with Gasteiger partial charge in [-0.1, -0.05) is 20.3 Å². The highest BCUT2D eigenvalue weighted by Gasteiger charge is 2.27. The van der Waals surface area contributed by atoms with Gasteiger partial charge in [0.2, 0.25) is 5.91 Å². The second-order valence-corrected chi connectivity index (χ2v) is 5.16. The molecule has 1 amide bonds. The third-order valence-corrected chi connectivity index (χ3v) is 3.93. The molecule has 1 aliphatic carbocycles. The van der Waals surface area contributed by atoms with E-state index in [-0.39, 0.29) is 17.9 Å². The van der Waals surface area contributed by atoms with Gasteiger partial charge in [0.15, 0.2) is 0 Å². The molecular formula is C14H22N2O2. The maximum absolute atomic E-state index is 12.1. The second kappa shape index (κ2) is 5.57. The molecule has 4 nitrogen and oxygen atoms in total. The summed E-state index contributed by atoms with van der Waals surface area (Å²) in [6.45, 7) is 4.06. The van der Waals surface area contributed by atoms with Gasteiger partial charge >= 0.3 is 0 Å². The van der Waals surface area contributed by atoms with Crippen molar-refractivity contribution in [2.24, 2.45) is 11.7 Å². The first-order chi connectivity index (χ1) is 8.63. The Morgan fingerprint density at radius 1 is 1.67 bits per heavy atom. The van der Waals surface area contributed by atoms with Gasteiger partial charge in [0, 0.05) is 12.0 Å². The summed E-state index contributed by atoms with van der Waals surface area (Å²) in [5, 5.41) is 3.05. The van der Waals surface area contributed by atoms with E-state index in [0.717, 1.165) is 37.0 Å². The number of amides is 1. The molecule has 0 saturated heterocycles. The Balaban J connectivity index is 2.01. The van der Waals surface area contributed by atoms with Crippen LogP contribution >= 0.6 is 0 Å². The summed E-state index contributed by atoms with van der Waals surface area (Å²) < 4.78 is 5.41. The van der Waals surface area contributed by atoms with E-state index in [1.807, 2.05) is 19.9 Å². The van der Waals surface area contributed by atoms with E-state index in [2.05, 4.69) is 5.32 Å². The normalized spacial score (nSPS) is 22.1. The van der Waals surface area contributed by atoms with Gasteiger partial charge < -0.3 is 15.5 Å². The van der Waals surface area contributed by atoms with Gasteiger partial charge in [-0.3, -0.25) is 4.79 Å². The van der Waals surface area contributed by atoms with Crippen LogP contribution < -0.4 is 11.1 Å². The summed E-state index contributed by atoms with van der Waals surface area (Å²) in [5.41, 5.74) is 7.06. The zero-order valence-corrected chi connectivity index (χ0v) is 11.1. The number of nitrogens with two attached hydrogens (primary N) is 1. The van der Waals surface area contributed by atoms with Gasteiger partial charge in [-0.15, -0.1) is 0 Å². The Morgan fingerprint density at radius 2 is 2.44 bits per heavy atom. The van der Waals surface area contributed by atoms with Crippen LogP contribution in [0, 0.1) is 5.92 Å². The molecule has 1 aliphatic rings. The predicted octanol–water partition coefficient (Wildman–Crippen LogP) is 2.15. The van der Waals surface area contributed by atoms with Crippen LogP contribution in [-0.4, -0.2) is 11.9 Å². The molecule has 1 aromatic heterocycles. The first-order valence-electron chi connectivity index (χ1n) is 6.75. The van der Waals surface area contributed by atoms with E-state index in [0.29, 0.717) is 0 Å². The molecule has 100 valence electrons. The highest BCUT2D eigenvalue weighted by molar-refractivity contribution is 5.82. The van der Waals surface area contributed by atoms with E-state index in [4.69, 9.17) is 10.2 Å². The van der Waals surface area contributed by atoms with E-state index in [1.54, 1.807) is 6.26 Å².